The van der Waals surface area contributed by atoms with E-state index < -0.39 is 0 Å². The lowest BCUT2D eigenvalue weighted by atomic mass is 10.1. The Kier molecular flexibility index (Phi) is 6.03. The zero-order valence-corrected chi connectivity index (χ0v) is 12.6. The summed E-state index contributed by atoms with van der Waals surface area (Å²) < 4.78 is 11.3. The first-order chi connectivity index (χ1) is 10.2. The predicted octanol–water partition coefficient (Wildman–Crippen LogP) is 3.36. The molecule has 0 heterocycles. The second-order valence-electron chi connectivity index (χ2n) is 4.65. The van der Waals surface area contributed by atoms with Gasteiger partial charge >= 0.3 is 0 Å². The fourth-order valence-corrected chi connectivity index (χ4v) is 2.03. The number of nitrogens with two attached hydrogens (primary N) is 1. The fraction of sp³-hybridized carbons (Fsp3) is 0.235. The summed E-state index contributed by atoms with van der Waals surface area (Å²) in [6, 6.07) is 17.6. The maximum absolute atomic E-state index is 5.66. The van der Waals surface area contributed by atoms with Gasteiger partial charge in [-0.2, -0.15) is 0 Å². The average molecular weight is 301 g/mol. The van der Waals surface area contributed by atoms with Crippen LogP contribution in [0.25, 0.3) is 0 Å². The fourth-order valence-electron chi connectivity index (χ4n) is 1.86. The number of thiocarbonyl (C=S) groups is 1. The highest BCUT2D eigenvalue weighted by Crippen LogP contribution is 2.13. The van der Waals surface area contributed by atoms with Crippen molar-refractivity contribution in [2.75, 3.05) is 13.2 Å². The van der Waals surface area contributed by atoms with E-state index in [0.29, 0.717) is 24.6 Å². The molecular weight excluding hydrogens is 282 g/mol. The zero-order chi connectivity index (χ0) is 14.9. The molecule has 0 saturated heterocycles. The first kappa shape index (κ1) is 15.3. The van der Waals surface area contributed by atoms with E-state index in [9.17, 15) is 0 Å². The van der Waals surface area contributed by atoms with E-state index in [1.807, 2.05) is 54.6 Å². The van der Waals surface area contributed by atoms with E-state index in [-0.39, 0.29) is 0 Å². The molecule has 0 unspecified atom stereocenters. The lowest BCUT2D eigenvalue weighted by Crippen LogP contribution is -2.10. The van der Waals surface area contributed by atoms with Gasteiger partial charge in [0.15, 0.2) is 0 Å². The quantitative estimate of drug-likeness (QED) is 0.600. The second kappa shape index (κ2) is 8.27. The Balaban J connectivity index is 1.65. The molecule has 0 fully saturated rings. The molecule has 0 aliphatic carbocycles. The Hall–Kier alpha value is -2.07. The topological polar surface area (TPSA) is 44.5 Å². The zero-order valence-electron chi connectivity index (χ0n) is 11.8. The SMILES string of the molecule is NC(=S)Cc1ccc(OCCCOc2ccccc2)cc1. The van der Waals surface area contributed by atoms with Gasteiger partial charge < -0.3 is 15.2 Å². The molecule has 0 atom stereocenters. The van der Waals surface area contributed by atoms with Crippen LogP contribution in [0.3, 0.4) is 0 Å². The third-order valence-corrected chi connectivity index (χ3v) is 3.02. The second-order valence-corrected chi connectivity index (χ2v) is 5.17. The normalized spacial score (nSPS) is 10.1. The molecule has 110 valence electrons. The maximum atomic E-state index is 5.66. The predicted molar refractivity (Wildman–Crippen MR) is 89.0 cm³/mol. The van der Waals surface area contributed by atoms with Gasteiger partial charge in [-0.05, 0) is 29.8 Å². The van der Waals surface area contributed by atoms with Crippen LogP contribution >= 0.6 is 12.2 Å². The summed E-state index contributed by atoms with van der Waals surface area (Å²) >= 11 is 4.88. The summed E-state index contributed by atoms with van der Waals surface area (Å²) in [5, 5.41) is 0. The van der Waals surface area contributed by atoms with Gasteiger partial charge in [0.2, 0.25) is 0 Å². The summed E-state index contributed by atoms with van der Waals surface area (Å²) in [5.74, 6) is 1.74. The molecule has 0 saturated carbocycles. The Morgan fingerprint density at radius 2 is 1.43 bits per heavy atom. The molecule has 2 rings (SSSR count). The van der Waals surface area contributed by atoms with Gasteiger partial charge in [0, 0.05) is 12.8 Å². The van der Waals surface area contributed by atoms with E-state index in [0.717, 1.165) is 23.5 Å². The molecule has 0 amide bonds. The largest absolute Gasteiger partial charge is 0.493 e. The van der Waals surface area contributed by atoms with Crippen molar-refractivity contribution in [3.05, 3.63) is 60.2 Å². The van der Waals surface area contributed by atoms with E-state index in [4.69, 9.17) is 27.4 Å². The van der Waals surface area contributed by atoms with Crippen molar-refractivity contribution in [3.63, 3.8) is 0 Å². The molecule has 3 nitrogen and oxygen atoms in total. The highest BCUT2D eigenvalue weighted by molar-refractivity contribution is 7.80. The number of hydrogen-bond acceptors (Lipinski definition) is 3. The molecule has 4 heteroatoms. The minimum atomic E-state index is 0.502. The molecule has 0 aliphatic rings. The standard InChI is InChI=1S/C17H19NO2S/c18-17(21)13-14-7-9-16(10-8-14)20-12-4-11-19-15-5-2-1-3-6-15/h1-3,5-10H,4,11-13H2,(H2,18,21). The van der Waals surface area contributed by atoms with Gasteiger partial charge in [0.25, 0.3) is 0 Å². The lowest BCUT2D eigenvalue weighted by molar-refractivity contribution is 0.247. The number of rotatable bonds is 8. The van der Waals surface area contributed by atoms with Crippen LogP contribution in [-0.2, 0) is 6.42 Å². The first-order valence-electron chi connectivity index (χ1n) is 6.92. The lowest BCUT2D eigenvalue weighted by Gasteiger charge is -2.08. The van der Waals surface area contributed by atoms with Gasteiger partial charge in [0.1, 0.15) is 11.5 Å². The number of hydrogen-bond donors (Lipinski definition) is 1. The highest BCUT2D eigenvalue weighted by atomic mass is 32.1. The van der Waals surface area contributed by atoms with Crippen molar-refractivity contribution in [3.8, 4) is 11.5 Å². The van der Waals surface area contributed by atoms with Crippen LogP contribution < -0.4 is 15.2 Å². The van der Waals surface area contributed by atoms with Crippen LogP contribution in [0.15, 0.2) is 54.6 Å². The molecule has 0 aliphatic heterocycles. The van der Waals surface area contributed by atoms with E-state index in [1.165, 1.54) is 0 Å². The van der Waals surface area contributed by atoms with Gasteiger partial charge in [-0.25, -0.2) is 0 Å². The summed E-state index contributed by atoms with van der Waals surface area (Å²) in [4.78, 5) is 0.502. The van der Waals surface area contributed by atoms with Gasteiger partial charge in [-0.3, -0.25) is 0 Å². The molecule has 0 radical (unpaired) electrons. The third-order valence-electron chi connectivity index (χ3n) is 2.87. The van der Waals surface area contributed by atoms with E-state index >= 15 is 0 Å². The number of benzene rings is 2. The summed E-state index contributed by atoms with van der Waals surface area (Å²) in [5.41, 5.74) is 6.61. The van der Waals surface area contributed by atoms with Crippen molar-refractivity contribution in [1.29, 1.82) is 0 Å². The van der Waals surface area contributed by atoms with Crippen LogP contribution in [0.2, 0.25) is 0 Å². The summed E-state index contributed by atoms with van der Waals surface area (Å²) in [6.07, 6.45) is 1.46. The van der Waals surface area contributed by atoms with Gasteiger partial charge in [0.05, 0.1) is 18.2 Å². The number of ether oxygens (including phenoxy) is 2. The van der Waals surface area contributed by atoms with Gasteiger partial charge in [-0.1, -0.05) is 42.5 Å². The summed E-state index contributed by atoms with van der Waals surface area (Å²) in [6.45, 7) is 1.27. The molecular formula is C17H19NO2S. The molecule has 0 bridgehead atoms. The van der Waals surface area contributed by atoms with Crippen LogP contribution in [0.4, 0.5) is 0 Å². The molecule has 0 aromatic heterocycles. The highest BCUT2D eigenvalue weighted by Gasteiger charge is 1.98. The van der Waals surface area contributed by atoms with Crippen LogP contribution in [0.5, 0.6) is 11.5 Å². The molecule has 2 aromatic rings. The molecule has 2 N–H and O–H groups in total. The Morgan fingerprint density at radius 3 is 2.00 bits per heavy atom. The monoisotopic (exact) mass is 301 g/mol. The Bertz CT molecular complexity index is 555. The minimum absolute atomic E-state index is 0.502. The first-order valence-corrected chi connectivity index (χ1v) is 7.33. The molecule has 0 spiro atoms. The van der Waals surface area contributed by atoms with Crippen molar-refractivity contribution in [2.24, 2.45) is 5.73 Å². The average Bonchev–Trinajstić information content (AvgIpc) is 2.49. The third kappa shape index (κ3) is 5.83. The van der Waals surface area contributed by atoms with Gasteiger partial charge in [-0.15, -0.1) is 0 Å². The molecule has 2 aromatic carbocycles. The van der Waals surface area contributed by atoms with E-state index in [1.54, 1.807) is 0 Å². The van der Waals surface area contributed by atoms with Crippen molar-refractivity contribution in [1.82, 2.24) is 0 Å². The van der Waals surface area contributed by atoms with Crippen molar-refractivity contribution in [2.45, 2.75) is 12.8 Å². The van der Waals surface area contributed by atoms with Crippen LogP contribution in [0.1, 0.15) is 12.0 Å². The van der Waals surface area contributed by atoms with Crippen molar-refractivity contribution >= 4 is 17.2 Å². The van der Waals surface area contributed by atoms with Crippen molar-refractivity contribution < 1.29 is 9.47 Å². The maximum Gasteiger partial charge on any atom is 0.119 e. The number of para-hydroxylation sites is 1. The molecule has 21 heavy (non-hydrogen) atoms. The van der Waals surface area contributed by atoms with E-state index in [2.05, 4.69) is 0 Å². The van der Waals surface area contributed by atoms with Crippen LogP contribution in [0, 0.1) is 0 Å². The Morgan fingerprint density at radius 1 is 0.857 bits per heavy atom. The summed E-state index contributed by atoms with van der Waals surface area (Å²) in [7, 11) is 0. The minimum Gasteiger partial charge on any atom is -0.493 e. The smallest absolute Gasteiger partial charge is 0.119 e. The van der Waals surface area contributed by atoms with Crippen LogP contribution in [-0.4, -0.2) is 18.2 Å². The Labute approximate surface area is 130 Å².